The molecule has 0 aliphatic carbocycles. The van der Waals surface area contributed by atoms with Crippen molar-refractivity contribution in [2.75, 3.05) is 0 Å². The third kappa shape index (κ3) is 2.52. The Morgan fingerprint density at radius 3 is 2.12 bits per heavy atom. The second-order valence-corrected chi connectivity index (χ2v) is 4.22. The Morgan fingerprint density at radius 2 is 1.56 bits per heavy atom. The van der Waals surface area contributed by atoms with Crippen LogP contribution in [0.1, 0.15) is 17.0 Å². The standard InChI is InChI=1S/C12H10Cl2N2/c1-8-11(13)15-10(16-12(8)14)7-9-5-3-2-4-6-9/h2-6H,7H2,1H3. The van der Waals surface area contributed by atoms with Crippen LogP contribution in [0.5, 0.6) is 0 Å². The molecule has 0 saturated carbocycles. The zero-order chi connectivity index (χ0) is 11.5. The fraction of sp³-hybridized carbons (Fsp3) is 0.167. The van der Waals surface area contributed by atoms with E-state index in [1.807, 2.05) is 30.3 Å². The predicted octanol–water partition coefficient (Wildman–Crippen LogP) is 3.68. The van der Waals surface area contributed by atoms with Gasteiger partial charge in [-0.05, 0) is 12.5 Å². The summed E-state index contributed by atoms with van der Waals surface area (Å²) in [5.74, 6) is 0.645. The molecule has 1 aromatic carbocycles. The first-order valence-electron chi connectivity index (χ1n) is 4.89. The maximum atomic E-state index is 5.95. The third-order valence-electron chi connectivity index (χ3n) is 2.28. The molecule has 0 atom stereocenters. The van der Waals surface area contributed by atoms with Gasteiger partial charge in [0.2, 0.25) is 0 Å². The van der Waals surface area contributed by atoms with Crippen molar-refractivity contribution in [2.45, 2.75) is 13.3 Å². The van der Waals surface area contributed by atoms with Crippen LogP contribution in [0.2, 0.25) is 10.3 Å². The van der Waals surface area contributed by atoms with Crippen molar-refractivity contribution in [1.82, 2.24) is 9.97 Å². The van der Waals surface area contributed by atoms with Gasteiger partial charge in [-0.15, -0.1) is 0 Å². The number of nitrogens with zero attached hydrogens (tertiary/aromatic N) is 2. The zero-order valence-electron chi connectivity index (χ0n) is 8.74. The molecule has 2 nitrogen and oxygen atoms in total. The van der Waals surface area contributed by atoms with Gasteiger partial charge in [0.25, 0.3) is 0 Å². The Balaban J connectivity index is 2.29. The van der Waals surface area contributed by atoms with Crippen LogP contribution in [0.3, 0.4) is 0 Å². The molecule has 0 spiro atoms. The molecule has 4 heteroatoms. The molecular weight excluding hydrogens is 243 g/mol. The quantitative estimate of drug-likeness (QED) is 0.763. The van der Waals surface area contributed by atoms with Gasteiger partial charge in [0.05, 0.1) is 0 Å². The summed E-state index contributed by atoms with van der Waals surface area (Å²) in [7, 11) is 0. The molecule has 0 bridgehead atoms. The largest absolute Gasteiger partial charge is 0.220 e. The summed E-state index contributed by atoms with van der Waals surface area (Å²) in [6.07, 6.45) is 0.639. The predicted molar refractivity (Wildman–Crippen MR) is 66.0 cm³/mol. The Hall–Kier alpha value is -1.12. The molecule has 2 rings (SSSR count). The van der Waals surface area contributed by atoms with Crippen molar-refractivity contribution in [3.05, 3.63) is 57.6 Å². The average molecular weight is 253 g/mol. The van der Waals surface area contributed by atoms with Crippen LogP contribution in [0, 0.1) is 6.92 Å². The molecule has 0 N–H and O–H groups in total. The van der Waals surface area contributed by atoms with Gasteiger partial charge in [0.15, 0.2) is 0 Å². The van der Waals surface area contributed by atoms with Crippen LogP contribution in [0.15, 0.2) is 30.3 Å². The Labute approximate surface area is 104 Å². The zero-order valence-corrected chi connectivity index (χ0v) is 10.3. The maximum Gasteiger partial charge on any atom is 0.137 e. The summed E-state index contributed by atoms with van der Waals surface area (Å²) in [4.78, 5) is 8.40. The summed E-state index contributed by atoms with van der Waals surface area (Å²) >= 11 is 11.9. The van der Waals surface area contributed by atoms with Gasteiger partial charge in [-0.25, -0.2) is 9.97 Å². The van der Waals surface area contributed by atoms with E-state index in [1.54, 1.807) is 6.92 Å². The van der Waals surface area contributed by atoms with Crippen molar-refractivity contribution in [3.63, 3.8) is 0 Å². The molecular formula is C12H10Cl2N2. The summed E-state index contributed by atoms with van der Waals surface area (Å²) in [6, 6.07) is 9.97. The SMILES string of the molecule is Cc1c(Cl)nc(Cc2ccccc2)nc1Cl. The molecule has 0 saturated heterocycles. The molecule has 0 amide bonds. The van der Waals surface area contributed by atoms with Gasteiger partial charge in [-0.1, -0.05) is 53.5 Å². The van der Waals surface area contributed by atoms with Gasteiger partial charge < -0.3 is 0 Å². The number of rotatable bonds is 2. The molecule has 1 aromatic heterocycles. The summed E-state index contributed by atoms with van der Waals surface area (Å²) in [5, 5.41) is 0.844. The molecule has 0 aliphatic heterocycles. The summed E-state index contributed by atoms with van der Waals surface area (Å²) in [6.45, 7) is 1.80. The third-order valence-corrected chi connectivity index (χ3v) is 3.01. The lowest BCUT2D eigenvalue weighted by Gasteiger charge is -2.04. The molecule has 0 fully saturated rings. The van der Waals surface area contributed by atoms with E-state index < -0.39 is 0 Å². The molecule has 1 heterocycles. The van der Waals surface area contributed by atoms with Crippen molar-refractivity contribution in [1.29, 1.82) is 0 Å². The van der Waals surface area contributed by atoms with Crippen LogP contribution >= 0.6 is 23.2 Å². The minimum Gasteiger partial charge on any atom is -0.220 e. The first-order chi connectivity index (χ1) is 7.66. The first kappa shape index (κ1) is 11.4. The van der Waals surface area contributed by atoms with Crippen molar-refractivity contribution >= 4 is 23.2 Å². The van der Waals surface area contributed by atoms with Crippen molar-refractivity contribution in [3.8, 4) is 0 Å². The second-order valence-electron chi connectivity index (χ2n) is 3.51. The highest BCUT2D eigenvalue weighted by Gasteiger charge is 2.07. The molecule has 0 radical (unpaired) electrons. The normalized spacial score (nSPS) is 10.4. The van der Waals surface area contributed by atoms with Crippen LogP contribution in [-0.2, 0) is 6.42 Å². The first-order valence-corrected chi connectivity index (χ1v) is 5.65. The smallest absolute Gasteiger partial charge is 0.137 e. The maximum absolute atomic E-state index is 5.95. The van der Waals surface area contributed by atoms with Crippen LogP contribution in [0.25, 0.3) is 0 Å². The van der Waals surface area contributed by atoms with Gasteiger partial charge >= 0.3 is 0 Å². The number of halogens is 2. The minimum atomic E-state index is 0.422. The average Bonchev–Trinajstić information content (AvgIpc) is 2.27. The fourth-order valence-electron chi connectivity index (χ4n) is 1.36. The Kier molecular flexibility index (Phi) is 3.42. The number of hydrogen-bond donors (Lipinski definition) is 0. The lowest BCUT2D eigenvalue weighted by atomic mass is 10.1. The highest BCUT2D eigenvalue weighted by molar-refractivity contribution is 6.34. The van der Waals surface area contributed by atoms with Crippen LogP contribution < -0.4 is 0 Å². The van der Waals surface area contributed by atoms with E-state index in [9.17, 15) is 0 Å². The minimum absolute atomic E-state index is 0.422. The molecule has 2 aromatic rings. The van der Waals surface area contributed by atoms with Crippen molar-refractivity contribution < 1.29 is 0 Å². The number of hydrogen-bond acceptors (Lipinski definition) is 2. The lowest BCUT2D eigenvalue weighted by Crippen LogP contribution is -1.99. The van der Waals surface area contributed by atoms with E-state index in [-0.39, 0.29) is 0 Å². The monoisotopic (exact) mass is 252 g/mol. The second kappa shape index (κ2) is 4.81. The lowest BCUT2D eigenvalue weighted by molar-refractivity contribution is 0.956. The fourth-order valence-corrected chi connectivity index (χ4v) is 1.78. The van der Waals surface area contributed by atoms with E-state index in [0.717, 1.165) is 11.1 Å². The summed E-state index contributed by atoms with van der Waals surface area (Å²) in [5.41, 5.74) is 1.86. The van der Waals surface area contributed by atoms with E-state index >= 15 is 0 Å². The van der Waals surface area contributed by atoms with Crippen LogP contribution in [-0.4, -0.2) is 9.97 Å². The number of benzene rings is 1. The van der Waals surface area contributed by atoms with Gasteiger partial charge in [-0.2, -0.15) is 0 Å². The Morgan fingerprint density at radius 1 is 1.00 bits per heavy atom. The van der Waals surface area contributed by atoms with E-state index in [4.69, 9.17) is 23.2 Å². The van der Waals surface area contributed by atoms with Crippen molar-refractivity contribution in [2.24, 2.45) is 0 Å². The summed E-state index contributed by atoms with van der Waals surface area (Å²) < 4.78 is 0. The van der Waals surface area contributed by atoms with Crippen LogP contribution in [0.4, 0.5) is 0 Å². The molecule has 0 aliphatic rings. The van der Waals surface area contributed by atoms with E-state index in [1.165, 1.54) is 0 Å². The molecule has 16 heavy (non-hydrogen) atoms. The molecule has 82 valence electrons. The highest BCUT2D eigenvalue weighted by atomic mass is 35.5. The van der Waals surface area contributed by atoms with Gasteiger partial charge in [0.1, 0.15) is 16.1 Å². The molecule has 0 unspecified atom stereocenters. The van der Waals surface area contributed by atoms with Gasteiger partial charge in [-0.3, -0.25) is 0 Å². The topological polar surface area (TPSA) is 25.8 Å². The van der Waals surface area contributed by atoms with E-state index in [2.05, 4.69) is 9.97 Å². The number of aromatic nitrogens is 2. The van der Waals surface area contributed by atoms with Gasteiger partial charge in [0, 0.05) is 12.0 Å². The highest BCUT2D eigenvalue weighted by Crippen LogP contribution is 2.20. The van der Waals surface area contributed by atoms with E-state index in [0.29, 0.717) is 22.6 Å². The Bertz CT molecular complexity index is 475.